The summed E-state index contributed by atoms with van der Waals surface area (Å²) in [6.45, 7) is 9.57. The summed E-state index contributed by atoms with van der Waals surface area (Å²) in [5.74, 6) is 1.53. The summed E-state index contributed by atoms with van der Waals surface area (Å²) in [6.07, 6.45) is 0.984. The van der Waals surface area contributed by atoms with Crippen LogP contribution in [0, 0.1) is 17.3 Å². The van der Waals surface area contributed by atoms with Crippen LogP contribution in [0.1, 0.15) is 5.56 Å². The molecule has 0 saturated heterocycles. The number of carbonyl (C=O) groups is 1. The van der Waals surface area contributed by atoms with Gasteiger partial charge in [-0.2, -0.15) is 0 Å². The molecule has 1 rings (SSSR count). The van der Waals surface area contributed by atoms with Crippen molar-refractivity contribution in [3.05, 3.63) is 42.2 Å². The highest BCUT2D eigenvalue weighted by Crippen LogP contribution is 2.18. The van der Waals surface area contributed by atoms with Crippen molar-refractivity contribution < 1.29 is 13.9 Å². The summed E-state index contributed by atoms with van der Waals surface area (Å²) in [6, 6.07) is 4.28. The zero-order chi connectivity index (χ0) is 13.8. The Morgan fingerprint density at radius 3 is 2.61 bits per heavy atom. The third-order valence-electron chi connectivity index (χ3n) is 1.89. The second kappa shape index (κ2) is 5.65. The van der Waals surface area contributed by atoms with Crippen molar-refractivity contribution in [1.29, 1.82) is 0 Å². The highest BCUT2D eigenvalue weighted by Gasteiger charge is 2.09. The van der Waals surface area contributed by atoms with Crippen molar-refractivity contribution in [3.8, 4) is 17.2 Å². The summed E-state index contributed by atoms with van der Waals surface area (Å²) in [5, 5.41) is 0. The molecule has 0 N–H and O–H groups in total. The molecule has 94 valence electrons. The van der Waals surface area contributed by atoms with Gasteiger partial charge in [0.1, 0.15) is 8.07 Å². The molecule has 0 saturated carbocycles. The van der Waals surface area contributed by atoms with Gasteiger partial charge in [0.25, 0.3) is 0 Å². The maximum absolute atomic E-state index is 13.6. The Labute approximate surface area is 107 Å². The third kappa shape index (κ3) is 4.56. The van der Waals surface area contributed by atoms with E-state index >= 15 is 0 Å². The lowest BCUT2D eigenvalue weighted by atomic mass is 10.2. The van der Waals surface area contributed by atoms with Gasteiger partial charge >= 0.3 is 5.97 Å². The van der Waals surface area contributed by atoms with Gasteiger partial charge in [-0.05, 0) is 18.2 Å². The van der Waals surface area contributed by atoms with Crippen LogP contribution in [-0.2, 0) is 4.79 Å². The van der Waals surface area contributed by atoms with E-state index < -0.39 is 19.9 Å². The molecule has 0 radical (unpaired) electrons. The monoisotopic (exact) mass is 262 g/mol. The summed E-state index contributed by atoms with van der Waals surface area (Å²) in [5.41, 5.74) is 3.71. The number of ether oxygens (including phenoxy) is 1. The third-order valence-corrected chi connectivity index (χ3v) is 2.77. The van der Waals surface area contributed by atoms with E-state index in [9.17, 15) is 9.18 Å². The Hall–Kier alpha value is -1.86. The van der Waals surface area contributed by atoms with Gasteiger partial charge in [-0.15, -0.1) is 5.54 Å². The number of benzene rings is 1. The zero-order valence-corrected chi connectivity index (χ0v) is 11.7. The fourth-order valence-electron chi connectivity index (χ4n) is 1.07. The molecule has 0 fully saturated rings. The average Bonchev–Trinajstić information content (AvgIpc) is 2.28. The summed E-state index contributed by atoms with van der Waals surface area (Å²) in [7, 11) is -1.49. The van der Waals surface area contributed by atoms with Crippen LogP contribution in [0.15, 0.2) is 30.9 Å². The average molecular weight is 262 g/mol. The van der Waals surface area contributed by atoms with E-state index in [0.717, 1.165) is 6.08 Å². The molecule has 4 heteroatoms. The molecule has 0 unspecified atom stereocenters. The lowest BCUT2D eigenvalue weighted by Crippen LogP contribution is -2.16. The molecule has 18 heavy (non-hydrogen) atoms. The van der Waals surface area contributed by atoms with E-state index in [1.807, 2.05) is 0 Å². The van der Waals surface area contributed by atoms with Crippen LogP contribution in [-0.4, -0.2) is 14.0 Å². The first-order valence-electron chi connectivity index (χ1n) is 5.49. The molecule has 0 aliphatic heterocycles. The maximum Gasteiger partial charge on any atom is 0.335 e. The van der Waals surface area contributed by atoms with Gasteiger partial charge < -0.3 is 4.74 Å². The molecule has 0 spiro atoms. The van der Waals surface area contributed by atoms with Crippen molar-refractivity contribution in [2.24, 2.45) is 0 Å². The fourth-order valence-corrected chi connectivity index (χ4v) is 1.59. The van der Waals surface area contributed by atoms with Crippen LogP contribution in [0.4, 0.5) is 4.39 Å². The number of hydrogen-bond donors (Lipinski definition) is 0. The molecule has 1 aromatic rings. The van der Waals surface area contributed by atoms with E-state index in [1.165, 1.54) is 12.1 Å². The maximum atomic E-state index is 13.6. The minimum absolute atomic E-state index is 0.113. The normalized spacial score (nSPS) is 10.2. The molecule has 0 bridgehead atoms. The van der Waals surface area contributed by atoms with Crippen molar-refractivity contribution in [2.45, 2.75) is 19.6 Å². The Morgan fingerprint density at radius 1 is 1.44 bits per heavy atom. The SMILES string of the molecule is C=CC(=O)Oc1ccc(C#C[Si](C)(C)C)cc1F. The summed E-state index contributed by atoms with van der Waals surface area (Å²) in [4.78, 5) is 10.9. The summed E-state index contributed by atoms with van der Waals surface area (Å²) < 4.78 is 18.3. The highest BCUT2D eigenvalue weighted by molar-refractivity contribution is 6.83. The van der Waals surface area contributed by atoms with Crippen LogP contribution in [0.25, 0.3) is 0 Å². The lowest BCUT2D eigenvalue weighted by Gasteiger charge is -2.05. The molecule has 0 atom stereocenters. The smallest absolute Gasteiger partial charge is 0.335 e. The molecule has 0 aliphatic carbocycles. The predicted octanol–water partition coefficient (Wildman–Crippen LogP) is 3.15. The minimum atomic E-state index is -1.49. The van der Waals surface area contributed by atoms with Crippen molar-refractivity contribution in [3.63, 3.8) is 0 Å². The molecule has 1 aromatic carbocycles. The van der Waals surface area contributed by atoms with Gasteiger partial charge in [0.2, 0.25) is 0 Å². The molecular formula is C14H15FO2Si. The Morgan fingerprint density at radius 2 is 2.11 bits per heavy atom. The lowest BCUT2D eigenvalue weighted by molar-refractivity contribution is -0.129. The van der Waals surface area contributed by atoms with Crippen molar-refractivity contribution >= 4 is 14.0 Å². The summed E-state index contributed by atoms with van der Waals surface area (Å²) >= 11 is 0. The van der Waals surface area contributed by atoms with Crippen LogP contribution in [0.3, 0.4) is 0 Å². The van der Waals surface area contributed by atoms with Gasteiger partial charge in [0.05, 0.1) is 0 Å². The molecule has 2 nitrogen and oxygen atoms in total. The van der Waals surface area contributed by atoms with Gasteiger partial charge in [-0.3, -0.25) is 0 Å². The topological polar surface area (TPSA) is 26.3 Å². The number of hydrogen-bond acceptors (Lipinski definition) is 2. The van der Waals surface area contributed by atoms with Crippen LogP contribution in [0.5, 0.6) is 5.75 Å². The largest absolute Gasteiger partial charge is 0.420 e. The fraction of sp³-hybridized carbons (Fsp3) is 0.214. The van der Waals surface area contributed by atoms with Crippen molar-refractivity contribution in [1.82, 2.24) is 0 Å². The van der Waals surface area contributed by atoms with Gasteiger partial charge in [-0.1, -0.05) is 32.1 Å². The van der Waals surface area contributed by atoms with Gasteiger partial charge in [0.15, 0.2) is 11.6 Å². The Bertz CT molecular complexity index is 533. The van der Waals surface area contributed by atoms with Gasteiger partial charge in [-0.25, -0.2) is 9.18 Å². The second-order valence-corrected chi connectivity index (χ2v) is 9.52. The number of rotatable bonds is 2. The molecule has 0 aromatic heterocycles. The van der Waals surface area contributed by atoms with E-state index in [-0.39, 0.29) is 5.75 Å². The van der Waals surface area contributed by atoms with E-state index in [1.54, 1.807) is 6.07 Å². The highest BCUT2D eigenvalue weighted by atomic mass is 28.3. The number of esters is 1. The number of carbonyl (C=O) groups excluding carboxylic acids is 1. The van der Waals surface area contributed by atoms with Crippen molar-refractivity contribution in [2.75, 3.05) is 0 Å². The standard InChI is InChI=1S/C14H15FO2Si/c1-5-14(16)17-13-7-6-11(10-12(13)15)8-9-18(2,3)4/h5-7,10H,1H2,2-4H3. The second-order valence-electron chi connectivity index (χ2n) is 4.77. The minimum Gasteiger partial charge on any atom is -0.420 e. The number of halogens is 1. The molecular weight excluding hydrogens is 247 g/mol. The Balaban J connectivity index is 2.95. The quantitative estimate of drug-likeness (QED) is 0.269. The van der Waals surface area contributed by atoms with Gasteiger partial charge in [0, 0.05) is 11.6 Å². The molecule has 0 aliphatic rings. The zero-order valence-electron chi connectivity index (χ0n) is 10.7. The van der Waals surface area contributed by atoms with Crippen LogP contribution < -0.4 is 4.74 Å². The van der Waals surface area contributed by atoms with Crippen LogP contribution >= 0.6 is 0 Å². The van der Waals surface area contributed by atoms with E-state index in [2.05, 4.69) is 37.7 Å². The van der Waals surface area contributed by atoms with E-state index in [0.29, 0.717) is 5.56 Å². The first-order chi connectivity index (χ1) is 8.31. The van der Waals surface area contributed by atoms with E-state index in [4.69, 9.17) is 4.74 Å². The molecule has 0 amide bonds. The first-order valence-corrected chi connectivity index (χ1v) is 8.99. The Kier molecular flexibility index (Phi) is 4.46. The predicted molar refractivity (Wildman–Crippen MR) is 72.5 cm³/mol. The molecule has 0 heterocycles. The van der Waals surface area contributed by atoms with Crippen LogP contribution in [0.2, 0.25) is 19.6 Å². The first kappa shape index (κ1) is 14.2.